The summed E-state index contributed by atoms with van der Waals surface area (Å²) in [6.45, 7) is 3.90. The minimum absolute atomic E-state index is 0.0590. The van der Waals surface area contributed by atoms with E-state index in [-0.39, 0.29) is 49.3 Å². The minimum atomic E-state index is -3.91. The van der Waals surface area contributed by atoms with Crippen molar-refractivity contribution in [3.05, 3.63) is 23.8 Å². The number of hydrogen-bond donors (Lipinski definition) is 2. The molecule has 11 heteroatoms. The predicted molar refractivity (Wildman–Crippen MR) is 119 cm³/mol. The Morgan fingerprint density at radius 3 is 2.42 bits per heavy atom. The van der Waals surface area contributed by atoms with Crippen LogP contribution < -0.4 is 5.32 Å². The van der Waals surface area contributed by atoms with Crippen molar-refractivity contribution >= 4 is 27.9 Å². The van der Waals surface area contributed by atoms with Crippen molar-refractivity contribution in [2.75, 3.05) is 32.7 Å². The topological polar surface area (TPSA) is 127 Å². The SMILES string of the molecule is Cc1ccc(O)c(S(=O)(=O)N2CCN(C(=O)CN3C(=O)NC4(CCC(C)CC4)C3=O)CC2)c1. The van der Waals surface area contributed by atoms with E-state index in [4.69, 9.17) is 0 Å². The summed E-state index contributed by atoms with van der Waals surface area (Å²) < 4.78 is 27.1. The number of benzene rings is 1. The van der Waals surface area contributed by atoms with Gasteiger partial charge < -0.3 is 15.3 Å². The number of aromatic hydroxyl groups is 1. The summed E-state index contributed by atoms with van der Waals surface area (Å²) in [5.41, 5.74) is -0.189. The van der Waals surface area contributed by atoms with Gasteiger partial charge in [0.25, 0.3) is 5.91 Å². The number of amides is 4. The van der Waals surface area contributed by atoms with Crippen LogP contribution in [0.15, 0.2) is 23.1 Å². The summed E-state index contributed by atoms with van der Waals surface area (Å²) in [6, 6.07) is 3.85. The summed E-state index contributed by atoms with van der Waals surface area (Å²) in [7, 11) is -3.91. The molecule has 2 aliphatic heterocycles. The standard InChI is InChI=1S/C22H30N4O6S/c1-15-5-7-22(8-6-15)20(29)26(21(30)23-22)14-19(28)24-9-11-25(12-10-24)33(31,32)18-13-16(2)3-4-17(18)27/h3-4,13,15,27H,5-12,14H2,1-2H3,(H,23,30). The fourth-order valence-electron chi connectivity index (χ4n) is 4.79. The fraction of sp³-hybridized carbons (Fsp3) is 0.591. The van der Waals surface area contributed by atoms with E-state index in [1.165, 1.54) is 21.3 Å². The van der Waals surface area contributed by atoms with Gasteiger partial charge in [-0.3, -0.25) is 14.5 Å². The first-order chi connectivity index (χ1) is 15.5. The number of carbonyl (C=O) groups excluding carboxylic acids is 3. The molecular weight excluding hydrogens is 448 g/mol. The third-order valence-corrected chi connectivity index (χ3v) is 8.92. The van der Waals surface area contributed by atoms with E-state index < -0.39 is 27.5 Å². The Hall–Kier alpha value is -2.66. The molecule has 0 atom stereocenters. The highest BCUT2D eigenvalue weighted by molar-refractivity contribution is 7.89. The molecule has 180 valence electrons. The monoisotopic (exact) mass is 478 g/mol. The Morgan fingerprint density at radius 2 is 1.79 bits per heavy atom. The van der Waals surface area contributed by atoms with Gasteiger partial charge in [-0.2, -0.15) is 4.31 Å². The van der Waals surface area contributed by atoms with Gasteiger partial charge in [0.05, 0.1) is 0 Å². The van der Waals surface area contributed by atoms with Crippen molar-refractivity contribution in [3.63, 3.8) is 0 Å². The number of hydrogen-bond acceptors (Lipinski definition) is 6. The summed E-state index contributed by atoms with van der Waals surface area (Å²) in [5, 5.41) is 12.8. The lowest BCUT2D eigenvalue weighted by molar-refractivity contribution is -0.140. The molecule has 0 radical (unpaired) electrons. The third kappa shape index (κ3) is 4.31. The number of urea groups is 1. The van der Waals surface area contributed by atoms with E-state index in [0.29, 0.717) is 24.3 Å². The van der Waals surface area contributed by atoms with Crippen molar-refractivity contribution in [1.29, 1.82) is 0 Å². The van der Waals surface area contributed by atoms with Crippen LogP contribution in [0.5, 0.6) is 5.75 Å². The Balaban J connectivity index is 1.37. The zero-order chi connectivity index (χ0) is 24.0. The van der Waals surface area contributed by atoms with Crippen molar-refractivity contribution in [2.24, 2.45) is 5.92 Å². The average molecular weight is 479 g/mol. The Labute approximate surface area is 193 Å². The predicted octanol–water partition coefficient (Wildman–Crippen LogP) is 1.03. The molecule has 1 saturated carbocycles. The van der Waals surface area contributed by atoms with Crippen molar-refractivity contribution in [3.8, 4) is 5.75 Å². The number of nitrogens with one attached hydrogen (secondary N) is 1. The van der Waals surface area contributed by atoms with Gasteiger partial charge in [-0.1, -0.05) is 13.0 Å². The Morgan fingerprint density at radius 1 is 1.15 bits per heavy atom. The van der Waals surface area contributed by atoms with Crippen LogP contribution in [0.3, 0.4) is 0 Å². The molecule has 0 bridgehead atoms. The van der Waals surface area contributed by atoms with Crippen LogP contribution in [0.4, 0.5) is 4.79 Å². The second-order valence-corrected chi connectivity index (χ2v) is 11.2. The van der Waals surface area contributed by atoms with Gasteiger partial charge in [-0.15, -0.1) is 0 Å². The molecule has 0 unspecified atom stereocenters. The second kappa shape index (κ2) is 8.60. The Bertz CT molecular complexity index is 1070. The lowest BCUT2D eigenvalue weighted by Crippen LogP contribution is -2.53. The number of rotatable bonds is 4. The molecule has 4 rings (SSSR count). The maximum Gasteiger partial charge on any atom is 0.325 e. The molecule has 4 amide bonds. The highest BCUT2D eigenvalue weighted by Crippen LogP contribution is 2.36. The molecule has 1 aromatic rings. The first-order valence-electron chi connectivity index (χ1n) is 11.3. The molecule has 33 heavy (non-hydrogen) atoms. The van der Waals surface area contributed by atoms with Crippen LogP contribution in [-0.2, 0) is 19.6 Å². The van der Waals surface area contributed by atoms with E-state index in [0.717, 1.165) is 17.7 Å². The number of phenols is 1. The van der Waals surface area contributed by atoms with Gasteiger partial charge in [-0.25, -0.2) is 13.2 Å². The van der Waals surface area contributed by atoms with Gasteiger partial charge in [0.1, 0.15) is 22.7 Å². The molecule has 0 aromatic heterocycles. The number of phenolic OH excluding ortho intramolecular Hbond substituents is 1. The van der Waals surface area contributed by atoms with Crippen LogP contribution in [0.1, 0.15) is 38.2 Å². The molecule has 1 spiro atoms. The largest absolute Gasteiger partial charge is 0.507 e. The molecule has 1 aromatic carbocycles. The lowest BCUT2D eigenvalue weighted by atomic mass is 9.77. The number of sulfonamides is 1. The zero-order valence-electron chi connectivity index (χ0n) is 18.9. The highest BCUT2D eigenvalue weighted by Gasteiger charge is 2.52. The van der Waals surface area contributed by atoms with E-state index in [1.807, 2.05) is 0 Å². The van der Waals surface area contributed by atoms with Gasteiger partial charge in [0, 0.05) is 26.2 Å². The van der Waals surface area contributed by atoms with Crippen LogP contribution >= 0.6 is 0 Å². The second-order valence-electron chi connectivity index (χ2n) is 9.34. The maximum absolute atomic E-state index is 13.0. The smallest absolute Gasteiger partial charge is 0.325 e. The first kappa shape index (κ1) is 23.5. The van der Waals surface area contributed by atoms with Crippen LogP contribution in [-0.4, -0.2) is 83.7 Å². The summed E-state index contributed by atoms with van der Waals surface area (Å²) in [4.78, 5) is 40.6. The van der Waals surface area contributed by atoms with Crippen molar-refractivity contribution in [1.82, 2.24) is 19.4 Å². The van der Waals surface area contributed by atoms with E-state index >= 15 is 0 Å². The number of piperazine rings is 1. The van der Waals surface area contributed by atoms with Gasteiger partial charge in [0.2, 0.25) is 15.9 Å². The van der Waals surface area contributed by atoms with Crippen LogP contribution in [0.2, 0.25) is 0 Å². The molecule has 2 saturated heterocycles. The number of carbonyl (C=O) groups is 3. The van der Waals surface area contributed by atoms with Crippen molar-refractivity contribution < 1.29 is 27.9 Å². The van der Waals surface area contributed by atoms with Crippen LogP contribution in [0, 0.1) is 12.8 Å². The van der Waals surface area contributed by atoms with Crippen LogP contribution in [0.25, 0.3) is 0 Å². The molecule has 1 aliphatic carbocycles. The molecular formula is C22H30N4O6S. The van der Waals surface area contributed by atoms with Gasteiger partial charge in [0.15, 0.2) is 0 Å². The molecule has 2 heterocycles. The fourth-order valence-corrected chi connectivity index (χ4v) is 6.38. The van der Waals surface area contributed by atoms with E-state index in [1.54, 1.807) is 13.0 Å². The zero-order valence-corrected chi connectivity index (χ0v) is 19.7. The Kier molecular flexibility index (Phi) is 6.12. The number of aryl methyl sites for hydroxylation is 1. The van der Waals surface area contributed by atoms with Gasteiger partial charge >= 0.3 is 6.03 Å². The molecule has 3 fully saturated rings. The molecule has 3 aliphatic rings. The minimum Gasteiger partial charge on any atom is -0.507 e. The summed E-state index contributed by atoms with van der Waals surface area (Å²) in [5.74, 6) is -0.548. The maximum atomic E-state index is 13.0. The lowest BCUT2D eigenvalue weighted by Gasteiger charge is -2.35. The molecule has 2 N–H and O–H groups in total. The normalized spacial score (nSPS) is 26.7. The van der Waals surface area contributed by atoms with E-state index in [2.05, 4.69) is 12.2 Å². The van der Waals surface area contributed by atoms with Crippen molar-refractivity contribution in [2.45, 2.75) is 50.0 Å². The third-order valence-electron chi connectivity index (χ3n) is 6.99. The number of imide groups is 1. The number of nitrogens with zero attached hydrogens (tertiary/aromatic N) is 3. The quantitative estimate of drug-likeness (QED) is 0.623. The highest BCUT2D eigenvalue weighted by atomic mass is 32.2. The van der Waals surface area contributed by atoms with Gasteiger partial charge in [-0.05, 0) is 56.2 Å². The summed E-state index contributed by atoms with van der Waals surface area (Å²) >= 11 is 0. The average Bonchev–Trinajstić information content (AvgIpc) is 3.01. The first-order valence-corrected chi connectivity index (χ1v) is 12.7. The van der Waals surface area contributed by atoms with E-state index in [9.17, 15) is 27.9 Å². The summed E-state index contributed by atoms with van der Waals surface area (Å²) in [6.07, 6.45) is 2.85. The molecule has 10 nitrogen and oxygen atoms in total.